The summed E-state index contributed by atoms with van der Waals surface area (Å²) in [6.45, 7) is 0.859. The van der Waals surface area contributed by atoms with Crippen LogP contribution in [0, 0.1) is 0 Å². The van der Waals surface area contributed by atoms with Crippen molar-refractivity contribution in [3.8, 4) is 16.9 Å². The number of rotatable bonds is 3. The van der Waals surface area contributed by atoms with Crippen molar-refractivity contribution in [3.63, 3.8) is 0 Å². The third kappa shape index (κ3) is 5.85. The van der Waals surface area contributed by atoms with Crippen LogP contribution >= 0.6 is 0 Å². The van der Waals surface area contributed by atoms with Crippen LogP contribution in [-0.2, 0) is 16.0 Å². The lowest BCUT2D eigenvalue weighted by Gasteiger charge is -2.29. The summed E-state index contributed by atoms with van der Waals surface area (Å²) < 4.78 is 6.17. The second-order valence-corrected chi connectivity index (χ2v) is 11.0. The number of benzene rings is 4. The highest BCUT2D eigenvalue weighted by molar-refractivity contribution is 6.01. The molecule has 214 valence electrons. The van der Waals surface area contributed by atoms with Crippen LogP contribution in [0.4, 0.5) is 0 Å². The van der Waals surface area contributed by atoms with Gasteiger partial charge in [0.1, 0.15) is 18.4 Å². The topological polar surface area (TPSA) is 114 Å². The molecule has 0 aromatic heterocycles. The molecule has 8 nitrogen and oxygen atoms in total. The molecule has 1 fully saturated rings. The van der Waals surface area contributed by atoms with Crippen molar-refractivity contribution in [2.45, 2.75) is 37.4 Å². The normalized spacial score (nSPS) is 20.9. The number of carbonyl (C=O) groups is 3. The van der Waals surface area contributed by atoms with Crippen LogP contribution in [0.15, 0.2) is 91.0 Å². The van der Waals surface area contributed by atoms with Crippen LogP contribution in [0.2, 0.25) is 0 Å². The Morgan fingerprint density at radius 3 is 2.60 bits per heavy atom. The highest BCUT2D eigenvalue weighted by Crippen LogP contribution is 2.28. The molecule has 8 heteroatoms. The summed E-state index contributed by atoms with van der Waals surface area (Å²) in [4.78, 5) is 42.3. The maximum atomic E-state index is 14.0. The molecule has 3 amide bonds. The summed E-state index contributed by atoms with van der Waals surface area (Å²) in [5.41, 5.74) is 9.37. The Balaban J connectivity index is 1.27. The molecule has 3 atom stereocenters. The van der Waals surface area contributed by atoms with Crippen LogP contribution in [0.3, 0.4) is 0 Å². The number of nitrogens with zero attached hydrogens (tertiary/aromatic N) is 1. The van der Waals surface area contributed by atoms with Gasteiger partial charge in [0.2, 0.25) is 11.8 Å². The molecule has 2 bridgehead atoms. The highest BCUT2D eigenvalue weighted by atomic mass is 16.5. The lowest BCUT2D eigenvalue weighted by atomic mass is 9.99. The molecule has 4 aromatic carbocycles. The van der Waals surface area contributed by atoms with Crippen molar-refractivity contribution in [1.82, 2.24) is 15.5 Å². The summed E-state index contributed by atoms with van der Waals surface area (Å²) in [6.07, 6.45) is 0.968. The quantitative estimate of drug-likeness (QED) is 0.353. The fourth-order valence-electron chi connectivity index (χ4n) is 6.01. The van der Waals surface area contributed by atoms with Crippen LogP contribution in [0.1, 0.15) is 28.8 Å². The fraction of sp³-hybridized carbons (Fsp3) is 0.265. The number of hydrogen-bond acceptors (Lipinski definition) is 5. The van der Waals surface area contributed by atoms with E-state index in [2.05, 4.69) is 10.6 Å². The van der Waals surface area contributed by atoms with Crippen molar-refractivity contribution in [2.75, 3.05) is 19.7 Å². The Hall–Kier alpha value is -4.69. The van der Waals surface area contributed by atoms with E-state index in [1.54, 1.807) is 11.0 Å². The maximum Gasteiger partial charge on any atom is 0.251 e. The second kappa shape index (κ2) is 12.0. The molecule has 4 N–H and O–H groups in total. The third-order valence-electron chi connectivity index (χ3n) is 8.07. The Bertz CT molecular complexity index is 1630. The van der Waals surface area contributed by atoms with E-state index in [1.165, 1.54) is 0 Å². The van der Waals surface area contributed by atoms with Gasteiger partial charge in [0.25, 0.3) is 5.91 Å². The fourth-order valence-corrected chi connectivity index (χ4v) is 6.01. The summed E-state index contributed by atoms with van der Waals surface area (Å²) in [6, 6.07) is 27.5. The second-order valence-electron chi connectivity index (χ2n) is 11.0. The molecule has 0 radical (unpaired) electrons. The minimum Gasteiger partial charge on any atom is -0.491 e. The molecule has 42 heavy (non-hydrogen) atoms. The number of nitrogens with two attached hydrogens (primary N) is 1. The summed E-state index contributed by atoms with van der Waals surface area (Å²) in [5, 5.41) is 7.99. The number of nitrogens with one attached hydrogen (secondary N) is 2. The molecule has 1 saturated heterocycles. The number of amides is 3. The minimum atomic E-state index is -0.831. The van der Waals surface area contributed by atoms with Crippen LogP contribution in [-0.4, -0.2) is 60.4 Å². The van der Waals surface area contributed by atoms with Crippen LogP contribution in [0.5, 0.6) is 5.75 Å². The largest absolute Gasteiger partial charge is 0.491 e. The van der Waals surface area contributed by atoms with Crippen LogP contribution < -0.4 is 21.1 Å². The predicted octanol–water partition coefficient (Wildman–Crippen LogP) is 3.67. The van der Waals surface area contributed by atoms with Gasteiger partial charge >= 0.3 is 0 Å². The van der Waals surface area contributed by atoms with Crippen molar-refractivity contribution in [3.05, 3.63) is 102 Å². The van der Waals surface area contributed by atoms with E-state index < -0.39 is 6.04 Å². The molecular weight excluding hydrogens is 528 g/mol. The van der Waals surface area contributed by atoms with Gasteiger partial charge in [-0.2, -0.15) is 0 Å². The van der Waals surface area contributed by atoms with Gasteiger partial charge < -0.3 is 26.0 Å². The number of fused-ring (bicyclic) bond motifs is 6. The molecule has 0 unspecified atom stereocenters. The van der Waals surface area contributed by atoms with E-state index in [9.17, 15) is 14.4 Å². The average molecular weight is 563 g/mol. The van der Waals surface area contributed by atoms with Crippen molar-refractivity contribution in [2.24, 2.45) is 5.73 Å². The Morgan fingerprint density at radius 2 is 1.71 bits per heavy atom. The van der Waals surface area contributed by atoms with Crippen molar-refractivity contribution >= 4 is 28.5 Å². The molecule has 2 aliphatic heterocycles. The molecular formula is C34H34N4O4. The molecule has 6 rings (SSSR count). The molecule has 2 heterocycles. The lowest BCUT2D eigenvalue weighted by molar-refractivity contribution is -0.137. The van der Waals surface area contributed by atoms with Gasteiger partial charge in [-0.15, -0.1) is 0 Å². The van der Waals surface area contributed by atoms with Crippen LogP contribution in [0.25, 0.3) is 21.9 Å². The van der Waals surface area contributed by atoms with E-state index in [-0.39, 0.29) is 55.8 Å². The van der Waals surface area contributed by atoms with Gasteiger partial charge in [-0.1, -0.05) is 72.8 Å². The molecule has 0 saturated carbocycles. The molecule has 0 spiro atoms. The third-order valence-corrected chi connectivity index (χ3v) is 8.07. The summed E-state index contributed by atoms with van der Waals surface area (Å²) in [7, 11) is 0. The first-order chi connectivity index (χ1) is 20.5. The van der Waals surface area contributed by atoms with E-state index in [0.717, 1.165) is 27.5 Å². The zero-order chi connectivity index (χ0) is 29.1. The number of carbonyl (C=O) groups excluding carboxylic acids is 3. The van der Waals surface area contributed by atoms with E-state index in [0.29, 0.717) is 24.3 Å². The van der Waals surface area contributed by atoms with Crippen molar-refractivity contribution in [1.29, 1.82) is 0 Å². The van der Waals surface area contributed by atoms with Gasteiger partial charge in [-0.3, -0.25) is 14.4 Å². The zero-order valence-corrected chi connectivity index (χ0v) is 23.3. The monoisotopic (exact) mass is 562 g/mol. The Labute approximate surface area is 244 Å². The first-order valence-electron chi connectivity index (χ1n) is 14.4. The smallest absolute Gasteiger partial charge is 0.251 e. The number of ether oxygens (including phenoxy) is 1. The first kappa shape index (κ1) is 27.5. The SMILES string of the molecule is N[C@H]1C[C@H]2COc3cccc(c3)-c3ccccc3C(=O)NCC[C@@H](NC(=O)Cc3cccc4ccccc34)C(=O)N2C1. The summed E-state index contributed by atoms with van der Waals surface area (Å²) in [5.74, 6) is -0.0840. The number of hydrogen-bond donors (Lipinski definition) is 3. The van der Waals surface area contributed by atoms with Gasteiger partial charge in [0.15, 0.2) is 0 Å². The van der Waals surface area contributed by atoms with Gasteiger partial charge in [0, 0.05) is 24.7 Å². The molecule has 0 aliphatic carbocycles. The van der Waals surface area contributed by atoms with Gasteiger partial charge in [-0.25, -0.2) is 0 Å². The van der Waals surface area contributed by atoms with E-state index >= 15 is 0 Å². The van der Waals surface area contributed by atoms with Gasteiger partial charge in [0.05, 0.1) is 12.5 Å². The predicted molar refractivity (Wildman–Crippen MR) is 162 cm³/mol. The van der Waals surface area contributed by atoms with E-state index in [1.807, 2.05) is 84.9 Å². The standard InChI is InChI=1S/C34H34N4O4/c35-25-19-26-21-42-27-11-6-10-23(17-27)29-13-3-4-14-30(29)33(40)36-16-15-31(34(41)38(26)20-25)37-32(39)18-24-9-5-8-22-7-1-2-12-28(22)24/h1-14,17,25-26,31H,15-16,18-21,35H2,(H,36,40)(H,37,39)/t25-,26-,31+/m0/s1. The summed E-state index contributed by atoms with van der Waals surface area (Å²) >= 11 is 0. The zero-order valence-electron chi connectivity index (χ0n) is 23.3. The highest BCUT2D eigenvalue weighted by Gasteiger charge is 2.37. The van der Waals surface area contributed by atoms with E-state index in [4.69, 9.17) is 10.5 Å². The average Bonchev–Trinajstić information content (AvgIpc) is 3.39. The lowest BCUT2D eigenvalue weighted by Crippen LogP contribution is -2.52. The molecule has 2 aliphatic rings. The first-order valence-corrected chi connectivity index (χ1v) is 14.4. The Kier molecular flexibility index (Phi) is 7.88. The van der Waals surface area contributed by atoms with Crippen molar-refractivity contribution < 1.29 is 19.1 Å². The Morgan fingerprint density at radius 1 is 0.952 bits per heavy atom. The molecule has 4 aromatic rings. The maximum absolute atomic E-state index is 14.0. The minimum absolute atomic E-state index is 0.131. The van der Waals surface area contributed by atoms with Gasteiger partial charge in [-0.05, 0) is 58.5 Å².